The Bertz CT molecular complexity index is 914. The van der Waals surface area contributed by atoms with Crippen molar-refractivity contribution in [1.82, 2.24) is 15.2 Å². The number of methoxy groups -OCH3 is 2. The molecule has 140 valence electrons. The monoisotopic (exact) mass is 384 g/mol. The Morgan fingerprint density at radius 1 is 1.11 bits per heavy atom. The molecular formula is C19H20N4O3S. The molecule has 3 aromatic rings. The summed E-state index contributed by atoms with van der Waals surface area (Å²) in [6, 6.07) is 14.9. The molecule has 0 aliphatic rings. The number of benzene rings is 2. The fourth-order valence-electron chi connectivity index (χ4n) is 2.39. The molecule has 1 atom stereocenters. The maximum Gasteiger partial charge on any atom is 0.237 e. The highest BCUT2D eigenvalue weighted by molar-refractivity contribution is 8.00. The zero-order chi connectivity index (χ0) is 19.2. The van der Waals surface area contributed by atoms with Gasteiger partial charge in [-0.2, -0.15) is 0 Å². The molecule has 0 spiro atoms. The van der Waals surface area contributed by atoms with E-state index in [1.807, 2.05) is 30.3 Å². The first kappa shape index (κ1) is 18.8. The molecule has 2 N–H and O–H groups in total. The number of rotatable bonds is 7. The Morgan fingerprint density at radius 2 is 1.85 bits per heavy atom. The molecule has 0 aliphatic carbocycles. The number of hydrogen-bond donors (Lipinski definition) is 2. The SMILES string of the molecule is COc1ccc(NC(=O)[C@H](C)Sc2n[nH]c(-c3ccccc3)n2)cc1OC. The third kappa shape index (κ3) is 4.59. The van der Waals surface area contributed by atoms with E-state index < -0.39 is 0 Å². The van der Waals surface area contributed by atoms with Crippen LogP contribution >= 0.6 is 11.8 Å². The van der Waals surface area contributed by atoms with E-state index in [9.17, 15) is 4.79 Å². The van der Waals surface area contributed by atoms with Crippen molar-refractivity contribution >= 4 is 23.4 Å². The lowest BCUT2D eigenvalue weighted by Crippen LogP contribution is -2.22. The number of thioether (sulfide) groups is 1. The smallest absolute Gasteiger partial charge is 0.237 e. The lowest BCUT2D eigenvalue weighted by Gasteiger charge is -2.12. The number of aromatic nitrogens is 3. The number of carbonyl (C=O) groups is 1. The van der Waals surface area contributed by atoms with Crippen LogP contribution in [-0.4, -0.2) is 40.6 Å². The van der Waals surface area contributed by atoms with E-state index >= 15 is 0 Å². The van der Waals surface area contributed by atoms with Crippen molar-refractivity contribution in [2.24, 2.45) is 0 Å². The van der Waals surface area contributed by atoms with E-state index in [0.29, 0.717) is 28.2 Å². The van der Waals surface area contributed by atoms with Crippen molar-refractivity contribution in [2.75, 3.05) is 19.5 Å². The second kappa shape index (κ2) is 8.59. The minimum absolute atomic E-state index is 0.154. The first-order valence-corrected chi connectivity index (χ1v) is 9.16. The summed E-state index contributed by atoms with van der Waals surface area (Å²) in [4.78, 5) is 16.9. The molecule has 0 unspecified atom stereocenters. The van der Waals surface area contributed by atoms with Gasteiger partial charge in [-0.1, -0.05) is 42.1 Å². The Hall–Kier alpha value is -3.00. The minimum atomic E-state index is -0.377. The van der Waals surface area contributed by atoms with Crippen molar-refractivity contribution in [3.8, 4) is 22.9 Å². The molecule has 0 radical (unpaired) electrons. The van der Waals surface area contributed by atoms with Gasteiger partial charge >= 0.3 is 0 Å². The van der Waals surface area contributed by atoms with Gasteiger partial charge in [-0.15, -0.1) is 5.10 Å². The summed E-state index contributed by atoms with van der Waals surface area (Å²) in [5, 5.41) is 10.1. The van der Waals surface area contributed by atoms with E-state index in [1.165, 1.54) is 11.8 Å². The van der Waals surface area contributed by atoms with Gasteiger partial charge in [0.15, 0.2) is 17.3 Å². The van der Waals surface area contributed by atoms with Crippen LogP contribution in [0.1, 0.15) is 6.92 Å². The van der Waals surface area contributed by atoms with Gasteiger partial charge in [0, 0.05) is 17.3 Å². The van der Waals surface area contributed by atoms with Gasteiger partial charge in [0.05, 0.1) is 19.5 Å². The maximum absolute atomic E-state index is 12.5. The number of amides is 1. The van der Waals surface area contributed by atoms with Gasteiger partial charge in [0.2, 0.25) is 11.1 Å². The lowest BCUT2D eigenvalue weighted by molar-refractivity contribution is -0.115. The highest BCUT2D eigenvalue weighted by atomic mass is 32.2. The molecule has 0 saturated heterocycles. The zero-order valence-electron chi connectivity index (χ0n) is 15.2. The summed E-state index contributed by atoms with van der Waals surface area (Å²) in [5.41, 5.74) is 1.57. The van der Waals surface area contributed by atoms with Crippen molar-refractivity contribution in [1.29, 1.82) is 0 Å². The Balaban J connectivity index is 1.64. The molecule has 2 aromatic carbocycles. The third-order valence-corrected chi connectivity index (χ3v) is 4.78. The van der Waals surface area contributed by atoms with Crippen LogP contribution in [0.4, 0.5) is 5.69 Å². The molecule has 3 rings (SSSR count). The van der Waals surface area contributed by atoms with Crippen LogP contribution in [0.15, 0.2) is 53.7 Å². The Kier molecular flexibility index (Phi) is 5.97. The summed E-state index contributed by atoms with van der Waals surface area (Å²) in [5.74, 6) is 1.67. The summed E-state index contributed by atoms with van der Waals surface area (Å²) >= 11 is 1.28. The number of ether oxygens (including phenoxy) is 2. The number of hydrogen-bond acceptors (Lipinski definition) is 6. The van der Waals surface area contributed by atoms with E-state index in [0.717, 1.165) is 5.56 Å². The molecule has 1 aromatic heterocycles. The molecule has 0 bridgehead atoms. The number of aromatic amines is 1. The number of nitrogens with one attached hydrogen (secondary N) is 2. The first-order valence-electron chi connectivity index (χ1n) is 8.28. The van der Waals surface area contributed by atoms with Gasteiger partial charge in [0.1, 0.15) is 0 Å². The predicted molar refractivity (Wildman–Crippen MR) is 105 cm³/mol. The van der Waals surface area contributed by atoms with Gasteiger partial charge in [0.25, 0.3) is 0 Å². The highest BCUT2D eigenvalue weighted by Crippen LogP contribution is 2.30. The summed E-state index contributed by atoms with van der Waals surface area (Å²) in [7, 11) is 3.12. The summed E-state index contributed by atoms with van der Waals surface area (Å²) < 4.78 is 10.5. The van der Waals surface area contributed by atoms with E-state index in [4.69, 9.17) is 9.47 Å². The molecule has 0 fully saturated rings. The minimum Gasteiger partial charge on any atom is -0.493 e. The molecule has 7 nitrogen and oxygen atoms in total. The van der Waals surface area contributed by atoms with Crippen LogP contribution in [0.25, 0.3) is 11.4 Å². The number of H-pyrrole nitrogens is 1. The molecule has 0 aliphatic heterocycles. The van der Waals surface area contributed by atoms with Crippen LogP contribution in [0.3, 0.4) is 0 Å². The van der Waals surface area contributed by atoms with Crippen LogP contribution in [-0.2, 0) is 4.79 Å². The molecule has 1 heterocycles. The highest BCUT2D eigenvalue weighted by Gasteiger charge is 2.18. The largest absolute Gasteiger partial charge is 0.493 e. The van der Waals surface area contributed by atoms with E-state index in [-0.39, 0.29) is 11.2 Å². The van der Waals surface area contributed by atoms with Crippen LogP contribution in [0, 0.1) is 0 Å². The van der Waals surface area contributed by atoms with Gasteiger partial charge in [-0.05, 0) is 19.1 Å². The van der Waals surface area contributed by atoms with E-state index in [2.05, 4.69) is 20.5 Å². The summed E-state index contributed by atoms with van der Waals surface area (Å²) in [6.45, 7) is 1.80. The van der Waals surface area contributed by atoms with Crippen molar-refractivity contribution in [2.45, 2.75) is 17.3 Å². The van der Waals surface area contributed by atoms with Crippen molar-refractivity contribution in [3.05, 3.63) is 48.5 Å². The average molecular weight is 384 g/mol. The zero-order valence-corrected chi connectivity index (χ0v) is 16.0. The quantitative estimate of drug-likeness (QED) is 0.605. The van der Waals surface area contributed by atoms with Gasteiger partial charge < -0.3 is 14.8 Å². The van der Waals surface area contributed by atoms with E-state index in [1.54, 1.807) is 39.3 Å². The third-order valence-electron chi connectivity index (χ3n) is 3.81. The summed E-state index contributed by atoms with van der Waals surface area (Å²) in [6.07, 6.45) is 0. The molecule has 0 saturated carbocycles. The van der Waals surface area contributed by atoms with Crippen molar-refractivity contribution in [3.63, 3.8) is 0 Å². The lowest BCUT2D eigenvalue weighted by atomic mass is 10.2. The topological polar surface area (TPSA) is 89.1 Å². The Morgan fingerprint density at radius 3 is 2.56 bits per heavy atom. The molecular weight excluding hydrogens is 364 g/mol. The average Bonchev–Trinajstić information content (AvgIpc) is 3.17. The second-order valence-electron chi connectivity index (χ2n) is 5.65. The van der Waals surface area contributed by atoms with Crippen molar-refractivity contribution < 1.29 is 14.3 Å². The number of carbonyl (C=O) groups excluding carboxylic acids is 1. The fraction of sp³-hybridized carbons (Fsp3) is 0.211. The van der Waals surface area contributed by atoms with Crippen LogP contribution < -0.4 is 14.8 Å². The van der Waals surface area contributed by atoms with Gasteiger partial charge in [-0.25, -0.2) is 4.98 Å². The molecule has 27 heavy (non-hydrogen) atoms. The standard InChI is InChI=1S/C19H20N4O3S/c1-12(18(24)20-14-9-10-15(25-2)16(11-14)26-3)27-19-21-17(22-23-19)13-7-5-4-6-8-13/h4-12H,1-3H3,(H,20,24)(H,21,22,23)/t12-/m0/s1. The molecule has 8 heteroatoms. The normalized spacial score (nSPS) is 11.7. The van der Waals surface area contributed by atoms with Crippen LogP contribution in [0.2, 0.25) is 0 Å². The fourth-order valence-corrected chi connectivity index (χ4v) is 3.12. The van der Waals surface area contributed by atoms with Crippen LogP contribution in [0.5, 0.6) is 11.5 Å². The van der Waals surface area contributed by atoms with Gasteiger partial charge in [-0.3, -0.25) is 9.89 Å². The predicted octanol–water partition coefficient (Wildman–Crippen LogP) is 3.61. The number of nitrogens with zero attached hydrogens (tertiary/aromatic N) is 2. The maximum atomic E-state index is 12.5. The number of anilines is 1. The Labute approximate surface area is 161 Å². The molecule has 1 amide bonds. The second-order valence-corrected chi connectivity index (χ2v) is 6.96. The first-order chi connectivity index (χ1) is 13.1.